The van der Waals surface area contributed by atoms with Crippen LogP contribution in [0.25, 0.3) is 0 Å². The van der Waals surface area contributed by atoms with Crippen LogP contribution in [0, 0.1) is 0 Å². The average Bonchev–Trinajstić information content (AvgIpc) is 2.79. The van der Waals surface area contributed by atoms with Crippen LogP contribution in [0.3, 0.4) is 0 Å². The molecule has 1 aromatic rings. The van der Waals surface area contributed by atoms with E-state index in [2.05, 4.69) is 37.1 Å². The molecule has 1 heterocycles. The van der Waals surface area contributed by atoms with E-state index >= 15 is 0 Å². The lowest BCUT2D eigenvalue weighted by atomic mass is 10.2. The van der Waals surface area contributed by atoms with Crippen molar-refractivity contribution in [3.8, 4) is 0 Å². The molecule has 1 atom stereocenters. The van der Waals surface area contributed by atoms with Crippen LogP contribution in [0.1, 0.15) is 13.3 Å². The van der Waals surface area contributed by atoms with E-state index in [1.807, 2.05) is 12.1 Å². The fourth-order valence-electron chi connectivity index (χ4n) is 1.64. The lowest BCUT2D eigenvalue weighted by Gasteiger charge is -2.07. The van der Waals surface area contributed by atoms with Crippen LogP contribution in [0.4, 0.5) is 5.69 Å². The van der Waals surface area contributed by atoms with Gasteiger partial charge in [0.15, 0.2) is 5.17 Å². The minimum absolute atomic E-state index is 0.0195. The summed E-state index contributed by atoms with van der Waals surface area (Å²) in [6, 6.07) is 7.14. The van der Waals surface area contributed by atoms with Gasteiger partial charge in [0.2, 0.25) is 17.7 Å². The molecule has 3 N–H and O–H groups in total. The van der Waals surface area contributed by atoms with Crippen LogP contribution >= 0.6 is 27.7 Å². The van der Waals surface area contributed by atoms with Crippen molar-refractivity contribution in [3.05, 3.63) is 28.7 Å². The third kappa shape index (κ3) is 4.85. The van der Waals surface area contributed by atoms with Crippen molar-refractivity contribution >= 4 is 56.3 Å². The Morgan fingerprint density at radius 2 is 2.05 bits per heavy atom. The minimum Gasteiger partial charge on any atom is -0.326 e. The van der Waals surface area contributed by atoms with Crippen molar-refractivity contribution in [1.29, 1.82) is 0 Å². The van der Waals surface area contributed by atoms with E-state index in [9.17, 15) is 14.4 Å². The quantitative estimate of drug-likeness (QED) is 0.683. The monoisotopic (exact) mass is 384 g/mol. The van der Waals surface area contributed by atoms with E-state index in [0.717, 1.165) is 16.2 Å². The molecule has 1 fully saturated rings. The molecule has 7 nitrogen and oxygen atoms in total. The summed E-state index contributed by atoms with van der Waals surface area (Å²) < 4.78 is 0.912. The Balaban J connectivity index is 1.89. The number of nitrogens with one attached hydrogen (secondary N) is 3. The molecular weight excluding hydrogens is 372 g/mol. The van der Waals surface area contributed by atoms with Gasteiger partial charge in [-0.25, -0.2) is 5.43 Å². The first-order valence-electron chi connectivity index (χ1n) is 6.31. The Morgan fingerprint density at radius 3 is 2.68 bits per heavy atom. The molecular formula is C13H13BrN4O3S. The predicted octanol–water partition coefficient (Wildman–Crippen LogP) is 1.42. The second kappa shape index (κ2) is 7.41. The van der Waals surface area contributed by atoms with Gasteiger partial charge in [0, 0.05) is 23.5 Å². The lowest BCUT2D eigenvalue weighted by molar-refractivity contribution is -0.122. The number of hydrazone groups is 1. The van der Waals surface area contributed by atoms with Gasteiger partial charge in [0.25, 0.3) is 0 Å². The van der Waals surface area contributed by atoms with E-state index in [-0.39, 0.29) is 29.3 Å². The van der Waals surface area contributed by atoms with Crippen molar-refractivity contribution in [2.24, 2.45) is 5.10 Å². The number of hydrogen-bond donors (Lipinski definition) is 3. The summed E-state index contributed by atoms with van der Waals surface area (Å²) >= 11 is 4.42. The zero-order valence-corrected chi connectivity index (χ0v) is 14.0. The van der Waals surface area contributed by atoms with Crippen molar-refractivity contribution in [3.63, 3.8) is 0 Å². The first-order chi connectivity index (χ1) is 10.4. The highest BCUT2D eigenvalue weighted by molar-refractivity contribution is 9.10. The molecule has 1 aliphatic rings. The number of halogens is 1. The van der Waals surface area contributed by atoms with Crippen LogP contribution in [0.5, 0.6) is 0 Å². The molecule has 3 amide bonds. The number of rotatable bonds is 4. The molecule has 0 radical (unpaired) electrons. The standard InChI is InChI=1S/C13H13BrN4O3S/c1-7(19)17-18-13-16-12(21)10(22-13)6-11(20)15-9-4-2-8(14)3-5-9/h2-5,10H,6H2,1H3,(H,15,20)(H,17,19)(H,16,18,21)/t10-/m0/s1. The summed E-state index contributed by atoms with van der Waals surface area (Å²) in [6.07, 6.45) is 0.0195. The molecule has 0 bridgehead atoms. The highest BCUT2D eigenvalue weighted by atomic mass is 79.9. The fraction of sp³-hybridized carbons (Fsp3) is 0.231. The van der Waals surface area contributed by atoms with E-state index in [1.165, 1.54) is 6.92 Å². The average molecular weight is 385 g/mol. The second-order valence-electron chi connectivity index (χ2n) is 4.44. The van der Waals surface area contributed by atoms with Crippen LogP contribution in [0.15, 0.2) is 33.8 Å². The summed E-state index contributed by atoms with van der Waals surface area (Å²) in [7, 11) is 0. The Bertz CT molecular complexity index is 633. The van der Waals surface area contributed by atoms with Gasteiger partial charge in [-0.1, -0.05) is 27.7 Å². The third-order valence-electron chi connectivity index (χ3n) is 2.59. The predicted molar refractivity (Wildman–Crippen MR) is 88.2 cm³/mol. The van der Waals surface area contributed by atoms with Gasteiger partial charge in [0.05, 0.1) is 0 Å². The lowest BCUT2D eigenvalue weighted by Crippen LogP contribution is -2.28. The number of nitrogens with zero attached hydrogens (tertiary/aromatic N) is 1. The maximum atomic E-state index is 11.9. The van der Waals surface area contributed by atoms with Gasteiger partial charge in [-0.15, -0.1) is 5.10 Å². The Kier molecular flexibility index (Phi) is 5.56. The zero-order valence-electron chi connectivity index (χ0n) is 11.6. The zero-order chi connectivity index (χ0) is 16.1. The van der Waals surface area contributed by atoms with Gasteiger partial charge in [-0.3, -0.25) is 14.4 Å². The molecule has 0 unspecified atom stereocenters. The van der Waals surface area contributed by atoms with E-state index in [1.54, 1.807) is 12.1 Å². The summed E-state index contributed by atoms with van der Waals surface area (Å²) in [5.41, 5.74) is 2.89. The normalized spacial score (nSPS) is 18.9. The summed E-state index contributed by atoms with van der Waals surface area (Å²) in [4.78, 5) is 34.5. The van der Waals surface area contributed by atoms with Gasteiger partial charge >= 0.3 is 0 Å². The minimum atomic E-state index is -0.567. The number of thioether (sulfide) groups is 1. The molecule has 116 valence electrons. The van der Waals surface area contributed by atoms with Gasteiger partial charge < -0.3 is 10.6 Å². The van der Waals surface area contributed by atoms with Crippen molar-refractivity contribution in [2.45, 2.75) is 18.6 Å². The smallest absolute Gasteiger partial charge is 0.240 e. The van der Waals surface area contributed by atoms with Crippen molar-refractivity contribution in [1.82, 2.24) is 10.7 Å². The largest absolute Gasteiger partial charge is 0.326 e. The molecule has 0 saturated carbocycles. The number of anilines is 1. The molecule has 1 saturated heterocycles. The SMILES string of the molecule is CC(=O)N/N=C1\NC(=O)[C@H](CC(=O)Nc2ccc(Br)cc2)S1. The van der Waals surface area contributed by atoms with E-state index in [0.29, 0.717) is 5.69 Å². The fourth-order valence-corrected chi connectivity index (χ4v) is 2.83. The maximum absolute atomic E-state index is 11.9. The van der Waals surface area contributed by atoms with Crippen molar-refractivity contribution < 1.29 is 14.4 Å². The number of benzene rings is 1. The number of amidine groups is 1. The summed E-state index contributed by atoms with van der Waals surface area (Å²) in [6.45, 7) is 1.31. The highest BCUT2D eigenvalue weighted by Crippen LogP contribution is 2.23. The first-order valence-corrected chi connectivity index (χ1v) is 7.98. The van der Waals surface area contributed by atoms with Crippen LogP contribution in [0.2, 0.25) is 0 Å². The Hall–Kier alpha value is -1.87. The number of hydrogen-bond acceptors (Lipinski definition) is 5. The Morgan fingerprint density at radius 1 is 1.36 bits per heavy atom. The topological polar surface area (TPSA) is 99.7 Å². The first kappa shape index (κ1) is 16.5. The van der Waals surface area contributed by atoms with Gasteiger partial charge in [-0.2, -0.15) is 0 Å². The van der Waals surface area contributed by atoms with E-state index < -0.39 is 5.25 Å². The molecule has 22 heavy (non-hydrogen) atoms. The Labute approximate surface area is 139 Å². The van der Waals surface area contributed by atoms with Crippen LogP contribution in [-0.2, 0) is 14.4 Å². The van der Waals surface area contributed by atoms with Gasteiger partial charge in [0.1, 0.15) is 5.25 Å². The maximum Gasteiger partial charge on any atom is 0.240 e. The van der Waals surface area contributed by atoms with Crippen molar-refractivity contribution in [2.75, 3.05) is 5.32 Å². The summed E-state index contributed by atoms with van der Waals surface area (Å²) in [5, 5.41) is 8.68. The van der Waals surface area contributed by atoms with Gasteiger partial charge in [-0.05, 0) is 24.3 Å². The van der Waals surface area contributed by atoms with Crippen LogP contribution in [-0.4, -0.2) is 28.1 Å². The third-order valence-corrected chi connectivity index (χ3v) is 4.20. The number of carbonyl (C=O) groups is 3. The number of carbonyl (C=O) groups excluding carboxylic acids is 3. The molecule has 1 aromatic carbocycles. The molecule has 2 rings (SSSR count). The molecule has 0 spiro atoms. The highest BCUT2D eigenvalue weighted by Gasteiger charge is 2.32. The molecule has 1 aliphatic heterocycles. The molecule has 0 aromatic heterocycles. The molecule has 0 aliphatic carbocycles. The van der Waals surface area contributed by atoms with Crippen LogP contribution < -0.4 is 16.1 Å². The summed E-state index contributed by atoms with van der Waals surface area (Å²) in [5.74, 6) is -0.908. The second-order valence-corrected chi connectivity index (χ2v) is 6.55. The number of amides is 3. The molecule has 9 heteroatoms. The van der Waals surface area contributed by atoms with E-state index in [4.69, 9.17) is 0 Å².